The van der Waals surface area contributed by atoms with Crippen molar-refractivity contribution in [3.05, 3.63) is 69.1 Å². The topological polar surface area (TPSA) is 125 Å². The molecule has 1 unspecified atom stereocenters. The van der Waals surface area contributed by atoms with Crippen LogP contribution in [-0.4, -0.2) is 63.2 Å². The lowest BCUT2D eigenvalue weighted by Crippen LogP contribution is -2.38. The van der Waals surface area contributed by atoms with Gasteiger partial charge in [0.1, 0.15) is 17.6 Å². The van der Waals surface area contributed by atoms with Crippen molar-refractivity contribution in [1.29, 1.82) is 0 Å². The van der Waals surface area contributed by atoms with Crippen molar-refractivity contribution in [2.24, 2.45) is 0 Å². The molecule has 3 aromatic rings. The van der Waals surface area contributed by atoms with Gasteiger partial charge in [0.05, 0.1) is 11.6 Å². The first-order chi connectivity index (χ1) is 16.0. The van der Waals surface area contributed by atoms with Crippen LogP contribution in [0.15, 0.2) is 35.3 Å². The predicted molar refractivity (Wildman–Crippen MR) is 120 cm³/mol. The molecule has 9 nitrogen and oxygen atoms in total. The molecule has 2 aromatic heterocycles. The maximum absolute atomic E-state index is 13.6. The molecule has 2 heterocycles. The Kier molecular flexibility index (Phi) is 7.26. The number of rotatable bonds is 7. The van der Waals surface area contributed by atoms with Crippen LogP contribution in [0.3, 0.4) is 0 Å². The molecule has 0 fully saturated rings. The second kappa shape index (κ2) is 9.96. The molecule has 180 valence electrons. The van der Waals surface area contributed by atoms with Crippen LogP contribution in [0.25, 0.3) is 11.0 Å². The number of aromatic nitrogens is 2. The monoisotopic (exact) mass is 474 g/mol. The summed E-state index contributed by atoms with van der Waals surface area (Å²) in [5, 5.41) is 22.5. The molecule has 0 spiro atoms. The minimum atomic E-state index is -1.01. The Hall–Kier alpha value is -3.86. The van der Waals surface area contributed by atoms with Crippen molar-refractivity contribution in [2.75, 3.05) is 20.6 Å². The molecule has 2 amide bonds. The van der Waals surface area contributed by atoms with Gasteiger partial charge in [-0.15, -0.1) is 0 Å². The molecule has 3 rings (SSSR count). The Bertz CT molecular complexity index is 1320. The average Bonchev–Trinajstić information content (AvgIpc) is 2.77. The van der Waals surface area contributed by atoms with Gasteiger partial charge in [-0.3, -0.25) is 23.9 Å². The van der Waals surface area contributed by atoms with Crippen LogP contribution in [0, 0.1) is 11.6 Å². The summed E-state index contributed by atoms with van der Waals surface area (Å²) in [5.41, 5.74) is -0.603. The van der Waals surface area contributed by atoms with Gasteiger partial charge >= 0.3 is 0 Å². The van der Waals surface area contributed by atoms with E-state index in [1.165, 1.54) is 44.2 Å². The molecule has 0 bridgehead atoms. The normalized spacial score (nSPS) is 11.9. The zero-order chi connectivity index (χ0) is 25.2. The van der Waals surface area contributed by atoms with Gasteiger partial charge in [0, 0.05) is 26.8 Å². The smallest absolute Gasteiger partial charge is 0.268 e. The number of benzene rings is 1. The quantitative estimate of drug-likeness (QED) is 0.472. The average molecular weight is 474 g/mol. The molecule has 0 saturated carbocycles. The van der Waals surface area contributed by atoms with Crippen molar-refractivity contribution in [3.8, 4) is 5.75 Å². The molecule has 3 N–H and O–H groups in total. The van der Waals surface area contributed by atoms with Gasteiger partial charge in [0.25, 0.3) is 11.5 Å². The number of nitrogens with zero attached hydrogens (tertiary/aromatic N) is 3. The Morgan fingerprint density at radius 2 is 1.88 bits per heavy atom. The third-order valence-corrected chi connectivity index (χ3v) is 5.10. The summed E-state index contributed by atoms with van der Waals surface area (Å²) in [7, 11) is 3.00. The highest BCUT2D eigenvalue weighted by Crippen LogP contribution is 2.26. The number of aliphatic hydroxyl groups excluding tert-OH is 1. The van der Waals surface area contributed by atoms with Crippen molar-refractivity contribution in [2.45, 2.75) is 26.0 Å². The number of amides is 2. The van der Waals surface area contributed by atoms with Gasteiger partial charge in [0.2, 0.25) is 5.91 Å². The van der Waals surface area contributed by atoms with Gasteiger partial charge < -0.3 is 20.4 Å². The Morgan fingerprint density at radius 1 is 1.18 bits per heavy atom. The maximum atomic E-state index is 13.6. The lowest BCUT2D eigenvalue weighted by atomic mass is 10.0. The van der Waals surface area contributed by atoms with Crippen LogP contribution < -0.4 is 10.9 Å². The number of carbonyl (C=O) groups excluding carboxylic acids is 2. The first-order valence-electron chi connectivity index (χ1n) is 10.3. The molecule has 11 heteroatoms. The maximum Gasteiger partial charge on any atom is 0.268 e. The third-order valence-electron chi connectivity index (χ3n) is 5.10. The summed E-state index contributed by atoms with van der Waals surface area (Å²) < 4.78 is 27.9. The van der Waals surface area contributed by atoms with Gasteiger partial charge in [-0.25, -0.2) is 8.78 Å². The number of aromatic hydroxyl groups is 1. The number of pyridine rings is 2. The molecule has 0 aliphatic heterocycles. The summed E-state index contributed by atoms with van der Waals surface area (Å²) in [6, 6.07) is 4.92. The summed E-state index contributed by atoms with van der Waals surface area (Å²) >= 11 is 0. The fraction of sp³-hybridized carbons (Fsp3) is 0.304. The first-order valence-corrected chi connectivity index (χ1v) is 10.3. The molecule has 1 atom stereocenters. The number of halogens is 2. The third kappa shape index (κ3) is 5.20. The largest absolute Gasteiger partial charge is 0.505 e. The number of likely N-dealkylation sites (N-methyl/N-ethyl adjacent to an activating group) is 1. The van der Waals surface area contributed by atoms with E-state index >= 15 is 0 Å². The lowest BCUT2D eigenvalue weighted by Gasteiger charge is -2.17. The minimum absolute atomic E-state index is 0.0878. The van der Waals surface area contributed by atoms with Crippen LogP contribution >= 0.6 is 0 Å². The number of hydrogen-bond acceptors (Lipinski definition) is 6. The van der Waals surface area contributed by atoms with Gasteiger partial charge in [-0.1, -0.05) is 6.07 Å². The van der Waals surface area contributed by atoms with Crippen molar-refractivity contribution in [3.63, 3.8) is 0 Å². The number of fused-ring (bicyclic) bond motifs is 1. The standard InChI is InChI=1S/C23H24F2N4O5/c1-12(30)9-27-22(33)19-21(32)20-17(29(23(19)34)11-18(31)28(2)3)8-14(10-26-20)6-13-4-5-15(24)16(25)7-13/h4-5,7-8,10,12,30,32H,6,9,11H2,1-3H3,(H,27,33). The highest BCUT2D eigenvalue weighted by atomic mass is 19.2. The zero-order valence-electron chi connectivity index (χ0n) is 18.8. The Balaban J connectivity index is 2.16. The summed E-state index contributed by atoms with van der Waals surface area (Å²) in [4.78, 5) is 43.6. The summed E-state index contributed by atoms with van der Waals surface area (Å²) in [6.45, 7) is 0.840. The van der Waals surface area contributed by atoms with Crippen LogP contribution in [0.4, 0.5) is 8.78 Å². The van der Waals surface area contributed by atoms with E-state index in [2.05, 4.69) is 10.3 Å². The molecular weight excluding hydrogens is 450 g/mol. The summed E-state index contributed by atoms with van der Waals surface area (Å²) in [6.07, 6.45) is 0.609. The highest BCUT2D eigenvalue weighted by molar-refractivity contribution is 6.01. The Morgan fingerprint density at radius 3 is 2.50 bits per heavy atom. The van der Waals surface area contributed by atoms with E-state index in [4.69, 9.17) is 0 Å². The lowest BCUT2D eigenvalue weighted by molar-refractivity contribution is -0.129. The van der Waals surface area contributed by atoms with Crippen LogP contribution in [-0.2, 0) is 17.8 Å². The number of aliphatic hydroxyl groups is 1. The molecule has 34 heavy (non-hydrogen) atoms. The van der Waals surface area contributed by atoms with Crippen LogP contribution in [0.5, 0.6) is 5.75 Å². The van der Waals surface area contributed by atoms with Crippen molar-refractivity contribution < 1.29 is 28.6 Å². The van der Waals surface area contributed by atoms with Crippen molar-refractivity contribution >= 4 is 22.8 Å². The van der Waals surface area contributed by atoms with Crippen LogP contribution in [0.1, 0.15) is 28.4 Å². The molecule has 0 radical (unpaired) electrons. The van der Waals surface area contributed by atoms with Gasteiger partial charge in [-0.05, 0) is 42.7 Å². The first kappa shape index (κ1) is 24.8. The number of hydrogen-bond donors (Lipinski definition) is 3. The SMILES string of the molecule is CC(O)CNC(=O)c1c(O)c2ncc(Cc3ccc(F)c(F)c3)cc2n(CC(=O)N(C)C)c1=O. The zero-order valence-corrected chi connectivity index (χ0v) is 18.8. The molecule has 0 saturated heterocycles. The molecule has 0 aliphatic carbocycles. The molecular formula is C23H24F2N4O5. The van der Waals surface area contributed by atoms with E-state index in [0.717, 1.165) is 16.7 Å². The Labute approximate surface area is 193 Å². The second-order valence-electron chi connectivity index (χ2n) is 8.10. The minimum Gasteiger partial charge on any atom is -0.505 e. The van der Waals surface area contributed by atoms with Crippen LogP contribution in [0.2, 0.25) is 0 Å². The number of nitrogens with one attached hydrogen (secondary N) is 1. The fourth-order valence-electron chi connectivity index (χ4n) is 3.30. The van der Waals surface area contributed by atoms with E-state index in [1.807, 2.05) is 0 Å². The highest BCUT2D eigenvalue weighted by Gasteiger charge is 2.25. The van der Waals surface area contributed by atoms with Gasteiger partial charge in [0.15, 0.2) is 17.4 Å². The number of carbonyl (C=O) groups is 2. The van der Waals surface area contributed by atoms with Crippen molar-refractivity contribution in [1.82, 2.24) is 19.8 Å². The summed E-state index contributed by atoms with van der Waals surface area (Å²) in [5.74, 6) is -4.04. The second-order valence-corrected chi connectivity index (χ2v) is 8.10. The van der Waals surface area contributed by atoms with E-state index in [1.54, 1.807) is 0 Å². The fourth-order valence-corrected chi connectivity index (χ4v) is 3.30. The van der Waals surface area contributed by atoms with E-state index in [0.29, 0.717) is 11.1 Å². The predicted octanol–water partition coefficient (Wildman–Crippen LogP) is 1.17. The van der Waals surface area contributed by atoms with Gasteiger partial charge in [-0.2, -0.15) is 0 Å². The van der Waals surface area contributed by atoms with E-state index in [-0.39, 0.29) is 24.0 Å². The molecule has 1 aromatic carbocycles. The van der Waals surface area contributed by atoms with E-state index < -0.39 is 53.0 Å². The molecule has 0 aliphatic rings. The van der Waals surface area contributed by atoms with E-state index in [9.17, 15) is 33.4 Å².